The van der Waals surface area contributed by atoms with E-state index in [-0.39, 0.29) is 18.3 Å². The van der Waals surface area contributed by atoms with Crippen molar-refractivity contribution in [1.29, 1.82) is 0 Å². The first-order chi connectivity index (χ1) is 8.75. The largest absolute Gasteiger partial charge is 0.377 e. The predicted molar refractivity (Wildman–Crippen MR) is 78.7 cm³/mol. The minimum absolute atomic E-state index is 0. The Balaban J connectivity index is 0.00000180. The molecule has 0 aromatic heterocycles. The molecule has 5 heteroatoms. The van der Waals surface area contributed by atoms with E-state index in [2.05, 4.69) is 17.6 Å². The van der Waals surface area contributed by atoms with Crippen molar-refractivity contribution < 1.29 is 9.53 Å². The molecular weight excluding hydrogens is 264 g/mol. The zero-order valence-corrected chi connectivity index (χ0v) is 12.6. The summed E-state index contributed by atoms with van der Waals surface area (Å²) in [6.45, 7) is 4.33. The molecule has 2 fully saturated rings. The van der Waals surface area contributed by atoms with E-state index < -0.39 is 0 Å². The molecule has 1 saturated heterocycles. The number of halogens is 1. The van der Waals surface area contributed by atoms with E-state index in [0.29, 0.717) is 24.6 Å². The summed E-state index contributed by atoms with van der Waals surface area (Å²) in [6, 6.07) is 0.385. The van der Waals surface area contributed by atoms with Gasteiger partial charge >= 0.3 is 0 Å². The van der Waals surface area contributed by atoms with Crippen molar-refractivity contribution in [2.24, 2.45) is 5.92 Å². The van der Waals surface area contributed by atoms with Gasteiger partial charge in [-0.3, -0.25) is 4.79 Å². The molecule has 1 aliphatic heterocycles. The van der Waals surface area contributed by atoms with Gasteiger partial charge in [0.15, 0.2) is 0 Å². The van der Waals surface area contributed by atoms with E-state index in [9.17, 15) is 4.79 Å². The SMILES string of the molecule is CC1CCCCC1NC(=O)CNCC1CCCO1.Cl. The Morgan fingerprint density at radius 3 is 2.68 bits per heavy atom. The van der Waals surface area contributed by atoms with Crippen LogP contribution in [-0.2, 0) is 9.53 Å². The summed E-state index contributed by atoms with van der Waals surface area (Å²) in [7, 11) is 0. The van der Waals surface area contributed by atoms with Gasteiger partial charge in [-0.25, -0.2) is 0 Å². The zero-order chi connectivity index (χ0) is 12.8. The third kappa shape index (κ3) is 5.67. The van der Waals surface area contributed by atoms with Gasteiger partial charge in [-0.15, -0.1) is 12.4 Å². The van der Waals surface area contributed by atoms with Crippen LogP contribution in [0.1, 0.15) is 45.4 Å². The maximum Gasteiger partial charge on any atom is 0.234 e. The topological polar surface area (TPSA) is 50.4 Å². The highest BCUT2D eigenvalue weighted by atomic mass is 35.5. The molecule has 112 valence electrons. The van der Waals surface area contributed by atoms with Crippen molar-refractivity contribution in [2.45, 2.75) is 57.6 Å². The molecule has 19 heavy (non-hydrogen) atoms. The second-order valence-electron chi connectivity index (χ2n) is 5.70. The maximum absolute atomic E-state index is 11.8. The molecule has 1 aliphatic carbocycles. The van der Waals surface area contributed by atoms with E-state index >= 15 is 0 Å². The Morgan fingerprint density at radius 1 is 1.21 bits per heavy atom. The molecule has 4 nitrogen and oxygen atoms in total. The van der Waals surface area contributed by atoms with Crippen molar-refractivity contribution >= 4 is 18.3 Å². The molecular formula is C14H27ClN2O2. The van der Waals surface area contributed by atoms with Gasteiger partial charge in [-0.05, 0) is 31.6 Å². The van der Waals surface area contributed by atoms with Gasteiger partial charge in [0.1, 0.15) is 0 Å². The van der Waals surface area contributed by atoms with Gasteiger partial charge in [0.05, 0.1) is 12.6 Å². The number of hydrogen-bond donors (Lipinski definition) is 2. The van der Waals surface area contributed by atoms with Gasteiger partial charge in [0.2, 0.25) is 5.91 Å². The van der Waals surface area contributed by atoms with Crippen molar-refractivity contribution in [3.8, 4) is 0 Å². The molecule has 2 aliphatic rings. The second kappa shape index (κ2) is 8.77. The first-order valence-corrected chi connectivity index (χ1v) is 7.37. The Hall–Kier alpha value is -0.320. The number of ether oxygens (including phenoxy) is 1. The third-order valence-corrected chi connectivity index (χ3v) is 4.14. The average Bonchev–Trinajstić information content (AvgIpc) is 2.85. The summed E-state index contributed by atoms with van der Waals surface area (Å²) < 4.78 is 5.51. The Bertz CT molecular complexity index is 270. The van der Waals surface area contributed by atoms with Gasteiger partial charge < -0.3 is 15.4 Å². The van der Waals surface area contributed by atoms with Crippen molar-refractivity contribution in [3.05, 3.63) is 0 Å². The monoisotopic (exact) mass is 290 g/mol. The van der Waals surface area contributed by atoms with Gasteiger partial charge in [-0.2, -0.15) is 0 Å². The lowest BCUT2D eigenvalue weighted by Crippen LogP contribution is -2.45. The average molecular weight is 291 g/mol. The number of amides is 1. The van der Waals surface area contributed by atoms with Crippen LogP contribution >= 0.6 is 12.4 Å². The number of carbonyl (C=O) groups excluding carboxylic acids is 1. The van der Waals surface area contributed by atoms with E-state index in [1.54, 1.807) is 0 Å². The summed E-state index contributed by atoms with van der Waals surface area (Å²) in [4.78, 5) is 11.8. The standard InChI is InChI=1S/C14H26N2O2.ClH/c1-11-5-2-3-7-13(11)16-14(17)10-15-9-12-6-4-8-18-12;/h11-13,15H,2-10H2,1H3,(H,16,17);1H. The van der Waals surface area contributed by atoms with E-state index in [0.717, 1.165) is 32.4 Å². The zero-order valence-electron chi connectivity index (χ0n) is 11.8. The summed E-state index contributed by atoms with van der Waals surface area (Å²) in [5.41, 5.74) is 0. The number of hydrogen-bond acceptors (Lipinski definition) is 3. The van der Waals surface area contributed by atoms with Gasteiger partial charge in [0, 0.05) is 19.2 Å². The molecule has 3 unspecified atom stereocenters. The Labute approximate surface area is 122 Å². The summed E-state index contributed by atoms with van der Waals surface area (Å²) in [5.74, 6) is 0.757. The van der Waals surface area contributed by atoms with Crippen LogP contribution in [0.5, 0.6) is 0 Å². The van der Waals surface area contributed by atoms with Crippen LogP contribution < -0.4 is 10.6 Å². The minimum Gasteiger partial charge on any atom is -0.377 e. The second-order valence-corrected chi connectivity index (χ2v) is 5.70. The van der Waals surface area contributed by atoms with Crippen molar-refractivity contribution in [3.63, 3.8) is 0 Å². The molecule has 2 N–H and O–H groups in total. The molecule has 1 amide bonds. The first kappa shape index (κ1) is 16.7. The quantitative estimate of drug-likeness (QED) is 0.813. The smallest absolute Gasteiger partial charge is 0.234 e. The van der Waals surface area contributed by atoms with E-state index in [4.69, 9.17) is 4.74 Å². The summed E-state index contributed by atoms with van der Waals surface area (Å²) in [6.07, 6.45) is 7.52. The summed E-state index contributed by atoms with van der Waals surface area (Å²) >= 11 is 0. The van der Waals surface area contributed by atoms with Crippen LogP contribution in [0.2, 0.25) is 0 Å². The molecule has 0 spiro atoms. The fraction of sp³-hybridized carbons (Fsp3) is 0.929. The highest BCUT2D eigenvalue weighted by Gasteiger charge is 2.22. The van der Waals surface area contributed by atoms with Crippen LogP contribution in [0.15, 0.2) is 0 Å². The minimum atomic E-state index is 0. The Kier molecular flexibility index (Phi) is 7.73. The molecule has 0 bridgehead atoms. The lowest BCUT2D eigenvalue weighted by Gasteiger charge is -2.29. The van der Waals surface area contributed by atoms with E-state index in [1.165, 1.54) is 19.3 Å². The van der Waals surface area contributed by atoms with Gasteiger partial charge in [0.25, 0.3) is 0 Å². The molecule has 1 heterocycles. The van der Waals surface area contributed by atoms with Crippen molar-refractivity contribution in [1.82, 2.24) is 10.6 Å². The van der Waals surface area contributed by atoms with Crippen LogP contribution in [0.3, 0.4) is 0 Å². The number of carbonyl (C=O) groups is 1. The molecule has 3 atom stereocenters. The predicted octanol–water partition coefficient (Wildman–Crippen LogP) is 1.87. The highest BCUT2D eigenvalue weighted by molar-refractivity contribution is 5.85. The Morgan fingerprint density at radius 2 is 2.00 bits per heavy atom. The van der Waals surface area contributed by atoms with Gasteiger partial charge in [-0.1, -0.05) is 19.8 Å². The molecule has 1 saturated carbocycles. The summed E-state index contributed by atoms with van der Waals surface area (Å²) in [5, 5.41) is 6.35. The highest BCUT2D eigenvalue weighted by Crippen LogP contribution is 2.23. The van der Waals surface area contributed by atoms with E-state index in [1.807, 2.05) is 0 Å². The normalized spacial score (nSPS) is 30.7. The maximum atomic E-state index is 11.8. The molecule has 0 radical (unpaired) electrons. The first-order valence-electron chi connectivity index (χ1n) is 7.37. The molecule has 2 rings (SSSR count). The molecule has 0 aromatic carbocycles. The fourth-order valence-electron chi connectivity index (χ4n) is 2.94. The van der Waals surface area contributed by atoms with Crippen LogP contribution in [-0.4, -0.2) is 37.7 Å². The van der Waals surface area contributed by atoms with Crippen LogP contribution in [0.25, 0.3) is 0 Å². The van der Waals surface area contributed by atoms with Crippen LogP contribution in [0, 0.1) is 5.92 Å². The lowest BCUT2D eigenvalue weighted by atomic mass is 9.86. The van der Waals surface area contributed by atoms with Crippen molar-refractivity contribution in [2.75, 3.05) is 19.7 Å². The number of nitrogens with one attached hydrogen (secondary N) is 2. The number of rotatable bonds is 5. The lowest BCUT2D eigenvalue weighted by molar-refractivity contribution is -0.121. The van der Waals surface area contributed by atoms with Crippen LogP contribution in [0.4, 0.5) is 0 Å². The third-order valence-electron chi connectivity index (χ3n) is 4.14. The fourth-order valence-corrected chi connectivity index (χ4v) is 2.94. The molecule has 0 aromatic rings.